The van der Waals surface area contributed by atoms with Crippen molar-refractivity contribution in [3.8, 4) is 17.2 Å². The predicted molar refractivity (Wildman–Crippen MR) is 118 cm³/mol. The van der Waals surface area contributed by atoms with Crippen LogP contribution >= 0.6 is 0 Å². The highest BCUT2D eigenvalue weighted by Crippen LogP contribution is 2.46. The van der Waals surface area contributed by atoms with Gasteiger partial charge in [-0.3, -0.25) is 4.79 Å². The van der Waals surface area contributed by atoms with Crippen LogP contribution in [0.15, 0.2) is 60.1 Å². The summed E-state index contributed by atoms with van der Waals surface area (Å²) in [6.07, 6.45) is 2.56. The lowest BCUT2D eigenvalue weighted by atomic mass is 9.78. The van der Waals surface area contributed by atoms with Crippen LogP contribution in [-0.2, 0) is 4.79 Å². The van der Waals surface area contributed by atoms with Gasteiger partial charge in [0.25, 0.3) is 0 Å². The van der Waals surface area contributed by atoms with E-state index >= 15 is 0 Å². The van der Waals surface area contributed by atoms with Crippen molar-refractivity contribution in [3.05, 3.63) is 71.2 Å². The van der Waals surface area contributed by atoms with Gasteiger partial charge in [-0.1, -0.05) is 30.3 Å². The van der Waals surface area contributed by atoms with Crippen molar-refractivity contribution in [2.45, 2.75) is 24.8 Å². The van der Waals surface area contributed by atoms with Gasteiger partial charge < -0.3 is 19.5 Å². The van der Waals surface area contributed by atoms with E-state index in [1.807, 2.05) is 42.5 Å². The lowest BCUT2D eigenvalue weighted by Gasteiger charge is -2.35. The van der Waals surface area contributed by atoms with E-state index in [2.05, 4.69) is 15.4 Å². The van der Waals surface area contributed by atoms with Gasteiger partial charge in [0.05, 0.1) is 21.3 Å². The maximum atomic E-state index is 13.5. The van der Waals surface area contributed by atoms with E-state index in [-0.39, 0.29) is 17.7 Å². The number of allylic oxidation sites excluding steroid dienone is 2. The molecule has 8 heteroatoms. The Morgan fingerprint density at radius 3 is 2.34 bits per heavy atom. The zero-order valence-corrected chi connectivity index (χ0v) is 18.2. The number of aromatic nitrogens is 3. The van der Waals surface area contributed by atoms with Crippen molar-refractivity contribution < 1.29 is 19.0 Å². The van der Waals surface area contributed by atoms with E-state index in [9.17, 15) is 4.79 Å². The summed E-state index contributed by atoms with van der Waals surface area (Å²) in [5, 5.41) is 7.74. The third kappa shape index (κ3) is 3.19. The zero-order chi connectivity index (χ0) is 22.2. The third-order valence-corrected chi connectivity index (χ3v) is 6.14. The Balaban J connectivity index is 1.57. The minimum Gasteiger partial charge on any atom is -0.493 e. The topological polar surface area (TPSA) is 87.5 Å². The van der Waals surface area contributed by atoms with E-state index in [0.29, 0.717) is 36.0 Å². The van der Waals surface area contributed by atoms with E-state index in [4.69, 9.17) is 14.2 Å². The first-order valence-corrected chi connectivity index (χ1v) is 10.4. The first-order valence-electron chi connectivity index (χ1n) is 10.4. The van der Waals surface area contributed by atoms with Crippen LogP contribution in [0.25, 0.3) is 0 Å². The van der Waals surface area contributed by atoms with Crippen LogP contribution in [0.4, 0.5) is 5.95 Å². The summed E-state index contributed by atoms with van der Waals surface area (Å²) in [4.78, 5) is 17.9. The van der Waals surface area contributed by atoms with Crippen LogP contribution in [0.5, 0.6) is 17.2 Å². The molecule has 3 aromatic rings. The number of fused-ring (bicyclic) bond motifs is 1. The monoisotopic (exact) mass is 432 g/mol. The summed E-state index contributed by atoms with van der Waals surface area (Å²) < 4.78 is 18.3. The van der Waals surface area contributed by atoms with Crippen molar-refractivity contribution >= 4 is 11.7 Å². The molecule has 5 rings (SSSR count). The van der Waals surface area contributed by atoms with Crippen molar-refractivity contribution in [2.75, 3.05) is 26.6 Å². The van der Waals surface area contributed by atoms with Gasteiger partial charge in [0.15, 0.2) is 17.3 Å². The fourth-order valence-electron chi connectivity index (χ4n) is 4.67. The van der Waals surface area contributed by atoms with Crippen molar-refractivity contribution in [3.63, 3.8) is 0 Å². The van der Waals surface area contributed by atoms with Crippen LogP contribution in [0.3, 0.4) is 0 Å². The largest absolute Gasteiger partial charge is 0.493 e. The maximum Gasteiger partial charge on any atom is 0.226 e. The number of ether oxygens (including phenoxy) is 3. The van der Waals surface area contributed by atoms with Crippen LogP contribution < -0.4 is 19.5 Å². The van der Waals surface area contributed by atoms with Crippen molar-refractivity contribution in [1.29, 1.82) is 0 Å². The Hall–Kier alpha value is -3.81. The molecule has 0 bridgehead atoms. The molecule has 0 unspecified atom stereocenters. The Kier molecular flexibility index (Phi) is 5.05. The Morgan fingerprint density at radius 1 is 0.969 bits per heavy atom. The maximum absolute atomic E-state index is 13.5. The number of anilines is 1. The molecule has 1 aliphatic heterocycles. The van der Waals surface area contributed by atoms with Gasteiger partial charge in [-0.2, -0.15) is 10.1 Å². The molecule has 0 radical (unpaired) electrons. The van der Waals surface area contributed by atoms with E-state index in [0.717, 1.165) is 22.4 Å². The Labute approximate surface area is 185 Å². The molecule has 1 N–H and O–H groups in total. The molecule has 8 nitrogen and oxygen atoms in total. The summed E-state index contributed by atoms with van der Waals surface area (Å²) in [7, 11) is 4.76. The molecule has 32 heavy (non-hydrogen) atoms. The number of nitrogens with zero attached hydrogens (tertiary/aromatic N) is 3. The minimum absolute atomic E-state index is 0.0339. The van der Waals surface area contributed by atoms with E-state index in [1.165, 1.54) is 6.33 Å². The second-order valence-corrected chi connectivity index (χ2v) is 7.85. The first kappa shape index (κ1) is 20.1. The van der Waals surface area contributed by atoms with Gasteiger partial charge >= 0.3 is 0 Å². The van der Waals surface area contributed by atoms with Gasteiger partial charge in [0, 0.05) is 17.7 Å². The molecule has 2 aromatic carbocycles. The number of rotatable bonds is 5. The van der Waals surface area contributed by atoms with Crippen LogP contribution in [0, 0.1) is 0 Å². The fraction of sp³-hybridized carbons (Fsp3) is 0.292. The standard InChI is InChI=1S/C24H24N4O4/c1-30-19-11-16(12-20(31-2)23(19)32-3)15-9-17-21(18(29)10-15)22(14-7-5-4-6-8-14)28-24(27-17)25-13-26-28/h4-8,11-13,15,22H,9-10H2,1-3H3,(H,25,26,27)/t15-,22-/m0/s1. The smallest absolute Gasteiger partial charge is 0.226 e. The van der Waals surface area contributed by atoms with Crippen molar-refractivity contribution in [1.82, 2.24) is 14.8 Å². The molecule has 2 heterocycles. The summed E-state index contributed by atoms with van der Waals surface area (Å²) >= 11 is 0. The molecule has 0 fully saturated rings. The number of Topliss-reactive ketones (excluding diaryl/α,β-unsaturated/α-hetero) is 1. The van der Waals surface area contributed by atoms with Gasteiger partial charge in [0.2, 0.25) is 11.7 Å². The van der Waals surface area contributed by atoms with Gasteiger partial charge in [0.1, 0.15) is 12.4 Å². The summed E-state index contributed by atoms with van der Waals surface area (Å²) in [6, 6.07) is 13.5. The number of hydrogen-bond acceptors (Lipinski definition) is 7. The number of methoxy groups -OCH3 is 3. The highest BCUT2D eigenvalue weighted by atomic mass is 16.5. The molecule has 0 spiro atoms. The third-order valence-electron chi connectivity index (χ3n) is 6.14. The van der Waals surface area contributed by atoms with Crippen molar-refractivity contribution in [2.24, 2.45) is 0 Å². The molecule has 2 atom stereocenters. The number of hydrogen-bond donors (Lipinski definition) is 1. The lowest BCUT2D eigenvalue weighted by Crippen LogP contribution is -2.33. The van der Waals surface area contributed by atoms with Gasteiger partial charge in [-0.15, -0.1) is 0 Å². The Bertz CT molecular complexity index is 1180. The van der Waals surface area contributed by atoms with Crippen LogP contribution in [0.2, 0.25) is 0 Å². The fourth-order valence-corrected chi connectivity index (χ4v) is 4.67. The predicted octanol–water partition coefficient (Wildman–Crippen LogP) is 3.72. The number of benzene rings is 2. The molecule has 164 valence electrons. The van der Waals surface area contributed by atoms with Crippen LogP contribution in [-0.4, -0.2) is 41.9 Å². The number of carbonyl (C=O) groups excluding carboxylic acids is 1. The minimum atomic E-state index is -0.293. The average molecular weight is 432 g/mol. The molecular formula is C24H24N4O4. The molecule has 0 saturated carbocycles. The second-order valence-electron chi connectivity index (χ2n) is 7.85. The van der Waals surface area contributed by atoms with Gasteiger partial charge in [-0.25, -0.2) is 4.68 Å². The molecular weight excluding hydrogens is 408 g/mol. The highest BCUT2D eigenvalue weighted by Gasteiger charge is 2.39. The van der Waals surface area contributed by atoms with Gasteiger partial charge in [-0.05, 0) is 35.6 Å². The number of nitrogens with one attached hydrogen (secondary N) is 1. The summed E-state index contributed by atoms with van der Waals surface area (Å²) in [5.74, 6) is 2.38. The molecule has 0 saturated heterocycles. The highest BCUT2D eigenvalue weighted by molar-refractivity contribution is 6.00. The summed E-state index contributed by atoms with van der Waals surface area (Å²) in [6.45, 7) is 0. The number of ketones is 1. The summed E-state index contributed by atoms with van der Waals surface area (Å²) in [5.41, 5.74) is 3.60. The second kappa shape index (κ2) is 8.03. The molecule has 0 amide bonds. The first-order chi connectivity index (χ1) is 15.6. The average Bonchev–Trinajstić information content (AvgIpc) is 3.30. The SMILES string of the molecule is COc1cc([C@@H]2CC(=O)C3=C(C2)Nc2ncnn2[C@H]3c2ccccc2)cc(OC)c1OC. The zero-order valence-electron chi connectivity index (χ0n) is 18.2. The normalized spacial score (nSPS) is 19.7. The lowest BCUT2D eigenvalue weighted by molar-refractivity contribution is -0.116. The van der Waals surface area contributed by atoms with E-state index in [1.54, 1.807) is 26.0 Å². The molecule has 2 aliphatic rings. The Morgan fingerprint density at radius 2 is 1.69 bits per heavy atom. The molecule has 1 aromatic heterocycles. The van der Waals surface area contributed by atoms with Crippen LogP contribution in [0.1, 0.15) is 35.9 Å². The quantitative estimate of drug-likeness (QED) is 0.657. The number of carbonyl (C=O) groups is 1. The molecule has 1 aliphatic carbocycles. The van der Waals surface area contributed by atoms with E-state index < -0.39 is 0 Å².